The van der Waals surface area contributed by atoms with Gasteiger partial charge in [-0.3, -0.25) is 18.9 Å². The lowest BCUT2D eigenvalue weighted by molar-refractivity contribution is 0.0964. The Bertz CT molecular complexity index is 1740. The van der Waals surface area contributed by atoms with E-state index in [1.165, 1.54) is 24.4 Å². The van der Waals surface area contributed by atoms with E-state index in [2.05, 4.69) is 25.6 Å². The largest absolute Gasteiger partial charge is 0.299 e. The van der Waals surface area contributed by atoms with Crippen LogP contribution in [0.1, 0.15) is 39.1 Å². The lowest BCUT2D eigenvalue weighted by Gasteiger charge is -2.12. The Balaban J connectivity index is 1.62. The maximum Gasteiger partial charge on any atom is 0.299 e. The lowest BCUT2D eigenvalue weighted by Crippen LogP contribution is -2.32. The van der Waals surface area contributed by atoms with Gasteiger partial charge in [0.15, 0.2) is 5.82 Å². The molecule has 0 bridgehead atoms. The Kier molecular flexibility index (Phi) is 7.03. The van der Waals surface area contributed by atoms with Crippen molar-refractivity contribution >= 4 is 77.8 Å². The van der Waals surface area contributed by atoms with Gasteiger partial charge in [0.05, 0.1) is 32.4 Å². The zero-order valence-corrected chi connectivity index (χ0v) is 22.9. The Hall–Kier alpha value is -2.90. The van der Waals surface area contributed by atoms with E-state index in [1.807, 2.05) is 4.72 Å². The third kappa shape index (κ3) is 5.06. The van der Waals surface area contributed by atoms with Crippen molar-refractivity contribution in [3.8, 4) is 0 Å². The zero-order valence-electron chi connectivity index (χ0n) is 18.9. The minimum Gasteiger partial charge on any atom is -0.288 e. The van der Waals surface area contributed by atoms with Crippen LogP contribution in [0.5, 0.6) is 0 Å². The molecule has 2 aromatic heterocycles. The summed E-state index contributed by atoms with van der Waals surface area (Å²) >= 11 is 15.6. The lowest BCUT2D eigenvalue weighted by atomic mass is 10.0. The minimum atomic E-state index is -4.16. The van der Waals surface area contributed by atoms with Gasteiger partial charge in [0.2, 0.25) is 5.78 Å². The number of aromatic nitrogens is 2. The van der Waals surface area contributed by atoms with E-state index in [0.717, 1.165) is 22.9 Å². The highest BCUT2D eigenvalue weighted by molar-refractivity contribution is 9.10. The number of nitrogens with one attached hydrogen (secondary N) is 2. The normalized spacial score (nSPS) is 13.6. The van der Waals surface area contributed by atoms with Crippen LogP contribution in [-0.4, -0.2) is 35.7 Å². The molecule has 196 valence electrons. The van der Waals surface area contributed by atoms with Crippen molar-refractivity contribution in [3.63, 3.8) is 0 Å². The maximum absolute atomic E-state index is 15.4. The summed E-state index contributed by atoms with van der Waals surface area (Å²) < 4.78 is 60.6. The maximum atomic E-state index is 15.4. The number of pyridine rings is 1. The summed E-state index contributed by atoms with van der Waals surface area (Å²) in [5, 5.41) is 0.193. The van der Waals surface area contributed by atoms with Crippen LogP contribution in [0.2, 0.25) is 10.0 Å². The third-order valence-corrected chi connectivity index (χ3v) is 7.91. The van der Waals surface area contributed by atoms with Crippen LogP contribution >= 0.6 is 39.1 Å². The molecular formula is C24H15BrCl2F2N4O4S. The molecule has 1 saturated carbocycles. The van der Waals surface area contributed by atoms with Crippen LogP contribution < -0.4 is 9.44 Å². The minimum absolute atomic E-state index is 0.00356. The number of benzene rings is 2. The van der Waals surface area contributed by atoms with Crippen LogP contribution in [0, 0.1) is 11.6 Å². The second kappa shape index (κ2) is 10.0. The van der Waals surface area contributed by atoms with E-state index in [9.17, 15) is 22.4 Å². The van der Waals surface area contributed by atoms with Crippen LogP contribution in [0.4, 0.5) is 14.5 Å². The molecule has 0 radical (unpaired) electrons. The summed E-state index contributed by atoms with van der Waals surface area (Å²) in [4.78, 5) is 31.1. The van der Waals surface area contributed by atoms with Crippen molar-refractivity contribution in [2.45, 2.75) is 18.9 Å². The highest BCUT2D eigenvalue weighted by Gasteiger charge is 2.31. The van der Waals surface area contributed by atoms with Gasteiger partial charge in [0.1, 0.15) is 11.5 Å². The monoisotopic (exact) mass is 642 g/mol. The molecule has 1 aliphatic carbocycles. The third-order valence-electron chi connectivity index (χ3n) is 5.71. The highest BCUT2D eigenvalue weighted by atomic mass is 79.9. The van der Waals surface area contributed by atoms with Gasteiger partial charge in [0.25, 0.3) is 16.1 Å². The van der Waals surface area contributed by atoms with Crippen LogP contribution in [0.3, 0.4) is 0 Å². The van der Waals surface area contributed by atoms with Crippen molar-refractivity contribution < 1.29 is 26.8 Å². The van der Waals surface area contributed by atoms with Gasteiger partial charge in [-0.1, -0.05) is 29.3 Å². The number of nitrogens with zero attached hydrogens (tertiary/aromatic N) is 2. The average molecular weight is 644 g/mol. The molecule has 2 aromatic carbocycles. The zero-order chi connectivity index (χ0) is 27.4. The standard InChI is InChI=1S/C24H15BrCl2F2N4O4S/c25-11-8-13-14(10-33(23(13)30-9-11)24(35)19-15(26)2-1-3-16(19)27)22(34)20-17(28)6-7-18(21(20)29)32-38(36,37)31-12-4-5-12/h1-3,6-10,12,31-32H,4-5H2. The molecule has 0 spiro atoms. The molecule has 0 atom stereocenters. The fourth-order valence-corrected chi connectivity index (χ4v) is 5.88. The van der Waals surface area contributed by atoms with Gasteiger partial charge in [-0.2, -0.15) is 13.1 Å². The number of hydrogen-bond donors (Lipinski definition) is 2. The number of halogens is 5. The molecule has 1 fully saturated rings. The molecule has 0 unspecified atom stereocenters. The predicted octanol–water partition coefficient (Wildman–Crippen LogP) is 5.71. The van der Waals surface area contributed by atoms with Crippen LogP contribution in [0.25, 0.3) is 11.0 Å². The van der Waals surface area contributed by atoms with Crippen molar-refractivity contribution in [3.05, 3.63) is 91.6 Å². The van der Waals surface area contributed by atoms with Gasteiger partial charge >= 0.3 is 0 Å². The first-order valence-electron chi connectivity index (χ1n) is 10.9. The summed E-state index contributed by atoms with van der Waals surface area (Å²) in [6.45, 7) is 0. The molecule has 2 N–H and O–H groups in total. The summed E-state index contributed by atoms with van der Waals surface area (Å²) in [5.41, 5.74) is -1.96. The molecule has 2 heterocycles. The number of carbonyl (C=O) groups excluding carboxylic acids is 2. The summed E-state index contributed by atoms with van der Waals surface area (Å²) in [6, 6.07) is 7.29. The number of ketones is 1. The Labute approximate surface area is 233 Å². The molecule has 8 nitrogen and oxygen atoms in total. The topological polar surface area (TPSA) is 110 Å². The number of hydrogen-bond acceptors (Lipinski definition) is 5. The van der Waals surface area contributed by atoms with Gasteiger partial charge < -0.3 is 0 Å². The van der Waals surface area contributed by atoms with Gasteiger partial charge in [0, 0.05) is 28.3 Å². The summed E-state index contributed by atoms with van der Waals surface area (Å²) in [6.07, 6.45) is 3.74. The second-order valence-corrected chi connectivity index (χ2v) is 11.6. The Morgan fingerprint density at radius 1 is 1.08 bits per heavy atom. The average Bonchev–Trinajstić information content (AvgIpc) is 3.56. The molecule has 0 saturated heterocycles. The fourth-order valence-electron chi connectivity index (χ4n) is 3.81. The number of fused-ring (bicyclic) bond motifs is 1. The molecule has 14 heteroatoms. The Morgan fingerprint density at radius 3 is 2.42 bits per heavy atom. The number of rotatable bonds is 7. The molecule has 0 aliphatic heterocycles. The first-order valence-corrected chi connectivity index (χ1v) is 14.0. The van der Waals surface area contributed by atoms with Crippen LogP contribution in [0.15, 0.2) is 53.3 Å². The molecule has 0 amide bonds. The Morgan fingerprint density at radius 2 is 1.76 bits per heavy atom. The molecule has 38 heavy (non-hydrogen) atoms. The number of anilines is 1. The van der Waals surface area contributed by atoms with Crippen molar-refractivity contribution in [1.29, 1.82) is 0 Å². The van der Waals surface area contributed by atoms with Crippen molar-refractivity contribution in [2.24, 2.45) is 0 Å². The first-order chi connectivity index (χ1) is 18.0. The highest BCUT2D eigenvalue weighted by Crippen LogP contribution is 2.32. The van der Waals surface area contributed by atoms with E-state index >= 15 is 4.39 Å². The summed E-state index contributed by atoms with van der Waals surface area (Å²) in [7, 11) is -4.16. The fraction of sp³-hybridized carbons (Fsp3) is 0.125. The van der Waals surface area contributed by atoms with E-state index in [1.54, 1.807) is 6.07 Å². The van der Waals surface area contributed by atoms with Crippen LogP contribution in [-0.2, 0) is 10.2 Å². The summed E-state index contributed by atoms with van der Waals surface area (Å²) in [5.74, 6) is -4.51. The van der Waals surface area contributed by atoms with Gasteiger partial charge in [-0.15, -0.1) is 0 Å². The van der Waals surface area contributed by atoms with Gasteiger partial charge in [-0.25, -0.2) is 13.8 Å². The quantitative estimate of drug-likeness (QED) is 0.251. The molecular weight excluding hydrogens is 629 g/mol. The smallest absolute Gasteiger partial charge is 0.288 e. The SMILES string of the molecule is O=C(c1c(F)ccc(NS(=O)(=O)NC2CC2)c1F)c1cn(C(=O)c2c(Cl)cccc2Cl)c2ncc(Br)cc12. The van der Waals surface area contributed by atoms with E-state index in [-0.39, 0.29) is 38.2 Å². The van der Waals surface area contributed by atoms with E-state index < -0.39 is 44.8 Å². The van der Waals surface area contributed by atoms with Crippen molar-refractivity contribution in [2.75, 3.05) is 4.72 Å². The molecule has 4 aromatic rings. The first kappa shape index (κ1) is 26.7. The van der Waals surface area contributed by atoms with E-state index in [4.69, 9.17) is 23.2 Å². The second-order valence-electron chi connectivity index (χ2n) is 8.45. The van der Waals surface area contributed by atoms with E-state index in [0.29, 0.717) is 17.3 Å². The predicted molar refractivity (Wildman–Crippen MR) is 142 cm³/mol. The number of carbonyl (C=O) groups is 2. The van der Waals surface area contributed by atoms with Gasteiger partial charge in [-0.05, 0) is 59.1 Å². The molecule has 5 rings (SSSR count). The van der Waals surface area contributed by atoms with Crippen molar-refractivity contribution in [1.82, 2.24) is 14.3 Å². The molecule has 1 aliphatic rings.